The van der Waals surface area contributed by atoms with E-state index in [4.69, 9.17) is 29.3 Å². The summed E-state index contributed by atoms with van der Waals surface area (Å²) in [6, 6.07) is 8.70. The number of aromatic carboxylic acids is 1. The van der Waals surface area contributed by atoms with Crippen molar-refractivity contribution in [1.82, 2.24) is 0 Å². The highest BCUT2D eigenvalue weighted by atomic mass is 16.4. The lowest BCUT2D eigenvalue weighted by molar-refractivity contribution is -0.159. The summed E-state index contributed by atoms with van der Waals surface area (Å²) in [5, 5.41) is 24.2. The van der Waals surface area contributed by atoms with Gasteiger partial charge < -0.3 is 19.7 Å². The van der Waals surface area contributed by atoms with E-state index < -0.39 is 17.9 Å². The molecule has 0 amide bonds. The van der Waals surface area contributed by atoms with Gasteiger partial charge in [-0.15, -0.1) is 0 Å². The molecule has 94 valence electrons. The molecule has 0 fully saturated rings. The van der Waals surface area contributed by atoms with Crippen molar-refractivity contribution in [2.24, 2.45) is 0 Å². The normalized spacial score (nSPS) is 9.33. The van der Waals surface area contributed by atoms with Crippen molar-refractivity contribution in [2.75, 3.05) is 0 Å². The van der Waals surface area contributed by atoms with Gasteiger partial charge in [0.2, 0.25) is 5.76 Å². The summed E-state index contributed by atoms with van der Waals surface area (Å²) in [5.74, 6) is -4.70. The summed E-state index contributed by atoms with van der Waals surface area (Å²) in [6.07, 6.45) is 0. The summed E-state index contributed by atoms with van der Waals surface area (Å²) in [7, 11) is 0. The lowest BCUT2D eigenvalue weighted by Gasteiger charge is -1.83. The second kappa shape index (κ2) is 5.48. The van der Waals surface area contributed by atoms with Gasteiger partial charge in [-0.1, -0.05) is 18.2 Å². The van der Waals surface area contributed by atoms with Crippen LogP contribution in [0.1, 0.15) is 10.6 Å². The van der Waals surface area contributed by atoms with Gasteiger partial charge in [-0.3, -0.25) is 0 Å². The molecule has 0 radical (unpaired) electrons. The predicted octanol–water partition coefficient (Wildman–Crippen LogP) is 1.29. The second-order valence-electron chi connectivity index (χ2n) is 3.06. The first kappa shape index (κ1) is 13.2. The van der Waals surface area contributed by atoms with Gasteiger partial charge >= 0.3 is 17.9 Å². The fourth-order valence-corrected chi connectivity index (χ4v) is 1.09. The first-order valence-corrected chi connectivity index (χ1v) is 4.60. The lowest BCUT2D eigenvalue weighted by Crippen LogP contribution is -2.09. The van der Waals surface area contributed by atoms with Gasteiger partial charge in [0.05, 0.1) is 0 Å². The molecule has 0 aliphatic heterocycles. The van der Waals surface area contributed by atoms with Gasteiger partial charge in [0, 0.05) is 5.39 Å². The largest absolute Gasteiger partial charge is 0.475 e. The van der Waals surface area contributed by atoms with E-state index in [1.165, 1.54) is 6.07 Å². The van der Waals surface area contributed by atoms with Crippen LogP contribution < -0.4 is 0 Å². The van der Waals surface area contributed by atoms with Crippen LogP contribution in [0.15, 0.2) is 34.7 Å². The molecule has 0 unspecified atom stereocenters. The molecule has 1 heterocycles. The maximum atomic E-state index is 10.5. The number of fused-ring (bicyclic) bond motifs is 1. The van der Waals surface area contributed by atoms with E-state index in [2.05, 4.69) is 0 Å². The molecule has 1 aromatic heterocycles. The topological polar surface area (TPSA) is 125 Å². The van der Waals surface area contributed by atoms with Crippen LogP contribution in [-0.4, -0.2) is 33.2 Å². The van der Waals surface area contributed by atoms with Crippen LogP contribution in [0.2, 0.25) is 0 Å². The Morgan fingerprint density at radius 1 is 0.944 bits per heavy atom. The van der Waals surface area contributed by atoms with Crippen molar-refractivity contribution in [2.45, 2.75) is 0 Å². The second-order valence-corrected chi connectivity index (χ2v) is 3.06. The van der Waals surface area contributed by atoms with Crippen LogP contribution in [0.3, 0.4) is 0 Å². The highest BCUT2D eigenvalue weighted by molar-refractivity contribution is 6.27. The van der Waals surface area contributed by atoms with Gasteiger partial charge in [-0.25, -0.2) is 14.4 Å². The molecule has 2 rings (SSSR count). The van der Waals surface area contributed by atoms with Crippen molar-refractivity contribution >= 4 is 28.9 Å². The molecule has 3 N–H and O–H groups in total. The maximum Gasteiger partial charge on any atom is 0.414 e. The van der Waals surface area contributed by atoms with Gasteiger partial charge in [0.1, 0.15) is 5.58 Å². The highest BCUT2D eigenvalue weighted by Gasteiger charge is 2.08. The third-order valence-electron chi connectivity index (χ3n) is 1.82. The lowest BCUT2D eigenvalue weighted by atomic mass is 10.2. The van der Waals surface area contributed by atoms with Crippen molar-refractivity contribution in [3.8, 4) is 0 Å². The van der Waals surface area contributed by atoms with Gasteiger partial charge in [0.25, 0.3) is 0 Å². The number of carboxylic acids is 3. The molecule has 1 aromatic carbocycles. The summed E-state index contributed by atoms with van der Waals surface area (Å²) < 4.78 is 5.03. The Hall–Kier alpha value is -2.83. The first-order valence-electron chi connectivity index (χ1n) is 4.60. The van der Waals surface area contributed by atoms with Crippen LogP contribution in [0, 0.1) is 0 Å². The molecule has 7 heteroatoms. The number of aliphatic carboxylic acids is 2. The SMILES string of the molecule is O=C(O)C(=O)O.O=C(O)c1cc2ccccc2o1. The van der Waals surface area contributed by atoms with Crippen LogP contribution >= 0.6 is 0 Å². The Labute approximate surface area is 99.9 Å². The fraction of sp³-hybridized carbons (Fsp3) is 0. The van der Waals surface area contributed by atoms with Gasteiger partial charge in [-0.05, 0) is 12.1 Å². The number of benzene rings is 1. The average Bonchev–Trinajstić information content (AvgIpc) is 2.73. The van der Waals surface area contributed by atoms with Crippen molar-refractivity contribution in [3.63, 3.8) is 0 Å². The van der Waals surface area contributed by atoms with Crippen molar-refractivity contribution in [3.05, 3.63) is 36.1 Å². The number of hydrogen-bond donors (Lipinski definition) is 3. The average molecular weight is 252 g/mol. The van der Waals surface area contributed by atoms with Crippen LogP contribution in [-0.2, 0) is 9.59 Å². The highest BCUT2D eigenvalue weighted by Crippen LogP contribution is 2.18. The Balaban J connectivity index is 0.000000232. The number of carbonyl (C=O) groups is 3. The molecule has 7 nitrogen and oxygen atoms in total. The molecule has 0 bridgehead atoms. The Bertz CT molecular complexity index is 551. The zero-order chi connectivity index (χ0) is 13.7. The monoisotopic (exact) mass is 252 g/mol. The third-order valence-corrected chi connectivity index (χ3v) is 1.82. The van der Waals surface area contributed by atoms with E-state index in [1.54, 1.807) is 12.1 Å². The zero-order valence-electron chi connectivity index (χ0n) is 8.86. The van der Waals surface area contributed by atoms with E-state index in [9.17, 15) is 4.79 Å². The van der Waals surface area contributed by atoms with Crippen molar-refractivity contribution < 1.29 is 34.1 Å². The number of hydrogen-bond acceptors (Lipinski definition) is 4. The summed E-state index contributed by atoms with van der Waals surface area (Å²) >= 11 is 0. The number of para-hydroxylation sites is 1. The molecule has 18 heavy (non-hydrogen) atoms. The van der Waals surface area contributed by atoms with E-state index in [0.29, 0.717) is 5.58 Å². The molecule has 0 saturated carbocycles. The molecule has 0 aliphatic rings. The summed E-state index contributed by atoms with van der Waals surface area (Å²) in [4.78, 5) is 28.7. The number of carboxylic acid groups (broad SMARTS) is 3. The zero-order valence-corrected chi connectivity index (χ0v) is 8.86. The van der Waals surface area contributed by atoms with Crippen LogP contribution in [0.25, 0.3) is 11.0 Å². The molecule has 0 spiro atoms. The van der Waals surface area contributed by atoms with Crippen molar-refractivity contribution in [1.29, 1.82) is 0 Å². The van der Waals surface area contributed by atoms with Crippen LogP contribution in [0.4, 0.5) is 0 Å². The van der Waals surface area contributed by atoms with E-state index in [0.717, 1.165) is 5.39 Å². The summed E-state index contributed by atoms with van der Waals surface area (Å²) in [6.45, 7) is 0. The minimum absolute atomic E-state index is 0.0174. The molecule has 0 atom stereocenters. The minimum atomic E-state index is -1.82. The molecule has 0 saturated heterocycles. The number of rotatable bonds is 1. The fourth-order valence-electron chi connectivity index (χ4n) is 1.09. The standard InChI is InChI=1S/C9H6O3.C2H2O4/c10-9(11)8-5-6-3-1-2-4-7(6)12-8;3-1(4)2(5)6/h1-5H,(H,10,11);(H,3,4)(H,5,6). The molecular weight excluding hydrogens is 244 g/mol. The van der Waals surface area contributed by atoms with Crippen LogP contribution in [0.5, 0.6) is 0 Å². The summed E-state index contributed by atoms with van der Waals surface area (Å²) in [5.41, 5.74) is 0.606. The third kappa shape index (κ3) is 3.34. The Morgan fingerprint density at radius 3 is 1.94 bits per heavy atom. The molecule has 2 aromatic rings. The predicted molar refractivity (Wildman–Crippen MR) is 58.4 cm³/mol. The van der Waals surface area contributed by atoms with Gasteiger partial charge in [-0.2, -0.15) is 0 Å². The Kier molecular flexibility index (Phi) is 4.03. The first-order chi connectivity index (χ1) is 8.41. The quantitative estimate of drug-likeness (QED) is 0.653. The Morgan fingerprint density at radius 2 is 1.50 bits per heavy atom. The number of furan rings is 1. The van der Waals surface area contributed by atoms with E-state index in [1.807, 2.05) is 12.1 Å². The molecular formula is C11H8O7. The van der Waals surface area contributed by atoms with E-state index >= 15 is 0 Å². The molecule has 0 aliphatic carbocycles. The maximum absolute atomic E-state index is 10.5. The van der Waals surface area contributed by atoms with E-state index in [-0.39, 0.29) is 5.76 Å². The van der Waals surface area contributed by atoms with Gasteiger partial charge in [0.15, 0.2) is 0 Å². The minimum Gasteiger partial charge on any atom is -0.475 e. The smallest absolute Gasteiger partial charge is 0.414 e.